The Morgan fingerprint density at radius 3 is 2.89 bits per heavy atom. The minimum absolute atomic E-state index is 0.198. The van der Waals surface area contributed by atoms with Crippen LogP contribution in [0, 0.1) is 5.41 Å². The van der Waals surface area contributed by atoms with Gasteiger partial charge in [0.05, 0.1) is 30.5 Å². The van der Waals surface area contributed by atoms with Crippen LogP contribution in [0.2, 0.25) is 0 Å². The van der Waals surface area contributed by atoms with E-state index in [1.165, 1.54) is 5.57 Å². The van der Waals surface area contributed by atoms with Crippen LogP contribution < -0.4 is 0 Å². The SMILES string of the molecule is CC1(C)C/C=C2/CC[C@H](O)[C@@](C)(C[C@@H]3O[C@H]31)OC2. The van der Waals surface area contributed by atoms with Crippen LogP contribution in [-0.4, -0.2) is 35.6 Å². The van der Waals surface area contributed by atoms with Gasteiger partial charge in [0.1, 0.15) is 0 Å². The highest BCUT2D eigenvalue weighted by atomic mass is 16.6. The first-order valence-electron chi connectivity index (χ1n) is 7.06. The van der Waals surface area contributed by atoms with Gasteiger partial charge in [-0.05, 0) is 37.2 Å². The molecule has 2 saturated heterocycles. The molecule has 0 unspecified atom stereocenters. The van der Waals surface area contributed by atoms with E-state index in [0.717, 1.165) is 25.7 Å². The van der Waals surface area contributed by atoms with Crippen molar-refractivity contribution >= 4 is 0 Å². The maximum atomic E-state index is 10.3. The smallest absolute Gasteiger partial charge is 0.0942 e. The third kappa shape index (κ3) is 2.13. The van der Waals surface area contributed by atoms with Gasteiger partial charge in [-0.1, -0.05) is 19.9 Å². The number of hydrogen-bond acceptors (Lipinski definition) is 3. The molecule has 0 spiro atoms. The summed E-state index contributed by atoms with van der Waals surface area (Å²) >= 11 is 0. The molecule has 3 heteroatoms. The number of aliphatic hydroxyl groups excluding tert-OH is 1. The number of fused-ring (bicyclic) bond motifs is 4. The van der Waals surface area contributed by atoms with Gasteiger partial charge >= 0.3 is 0 Å². The van der Waals surface area contributed by atoms with Gasteiger partial charge in [0.15, 0.2) is 0 Å². The quantitative estimate of drug-likeness (QED) is 0.532. The summed E-state index contributed by atoms with van der Waals surface area (Å²) in [6.07, 6.45) is 6.13. The largest absolute Gasteiger partial charge is 0.390 e. The first-order valence-corrected chi connectivity index (χ1v) is 7.06. The lowest BCUT2D eigenvalue weighted by molar-refractivity contribution is -0.106. The molecule has 3 nitrogen and oxygen atoms in total. The summed E-state index contributed by atoms with van der Waals surface area (Å²) in [6, 6.07) is 0. The lowest BCUT2D eigenvalue weighted by Gasteiger charge is -2.33. The Morgan fingerprint density at radius 2 is 2.11 bits per heavy atom. The van der Waals surface area contributed by atoms with Crippen molar-refractivity contribution in [2.45, 2.75) is 70.4 Å². The van der Waals surface area contributed by atoms with E-state index in [1.807, 2.05) is 6.92 Å². The van der Waals surface area contributed by atoms with Crippen molar-refractivity contribution in [2.24, 2.45) is 5.41 Å². The van der Waals surface area contributed by atoms with E-state index in [-0.39, 0.29) is 17.6 Å². The molecular weight excluding hydrogens is 228 g/mol. The molecule has 18 heavy (non-hydrogen) atoms. The molecule has 0 aromatic rings. The van der Waals surface area contributed by atoms with Crippen molar-refractivity contribution in [3.8, 4) is 0 Å². The van der Waals surface area contributed by atoms with Crippen molar-refractivity contribution in [1.82, 2.24) is 0 Å². The van der Waals surface area contributed by atoms with Crippen molar-refractivity contribution in [3.63, 3.8) is 0 Å². The highest BCUT2D eigenvalue weighted by Gasteiger charge is 2.53. The Bertz CT molecular complexity index is 374. The highest BCUT2D eigenvalue weighted by molar-refractivity contribution is 5.13. The summed E-state index contributed by atoms with van der Waals surface area (Å²) < 4.78 is 11.9. The second-order valence-electron chi connectivity index (χ2n) is 7.01. The average molecular weight is 252 g/mol. The maximum absolute atomic E-state index is 10.3. The maximum Gasteiger partial charge on any atom is 0.0942 e. The lowest BCUT2D eigenvalue weighted by Crippen LogP contribution is -2.43. The van der Waals surface area contributed by atoms with E-state index in [2.05, 4.69) is 19.9 Å². The summed E-state index contributed by atoms with van der Waals surface area (Å²) in [5, 5.41) is 10.3. The minimum Gasteiger partial charge on any atom is -0.390 e. The monoisotopic (exact) mass is 252 g/mol. The van der Waals surface area contributed by atoms with Crippen LogP contribution in [0.3, 0.4) is 0 Å². The molecule has 0 radical (unpaired) electrons. The topological polar surface area (TPSA) is 42.0 Å². The zero-order chi connectivity index (χ0) is 13.0. The van der Waals surface area contributed by atoms with E-state index in [0.29, 0.717) is 12.7 Å². The van der Waals surface area contributed by atoms with Crippen molar-refractivity contribution in [3.05, 3.63) is 11.6 Å². The van der Waals surface area contributed by atoms with Gasteiger partial charge in [-0.3, -0.25) is 0 Å². The number of epoxide rings is 1. The normalized spacial score (nSPS) is 49.8. The zero-order valence-electron chi connectivity index (χ0n) is 11.6. The molecule has 2 fully saturated rings. The molecule has 1 N–H and O–H groups in total. The molecule has 3 heterocycles. The standard InChI is InChI=1S/C15H24O3/c1-14(2)7-6-10-4-5-12(16)15(3,17-9-10)8-11-13(14)18-11/h6,11-13,16H,4-5,7-9H2,1-3H3/b10-6-/t11-,12-,13+,15+/m0/s1. The minimum atomic E-state index is -0.442. The number of allylic oxidation sites excluding steroid dienone is 1. The van der Waals surface area contributed by atoms with E-state index >= 15 is 0 Å². The molecule has 4 atom stereocenters. The molecule has 0 aromatic heterocycles. The van der Waals surface area contributed by atoms with Crippen LogP contribution in [0.5, 0.6) is 0 Å². The number of hydrogen-bond donors (Lipinski definition) is 1. The first-order chi connectivity index (χ1) is 8.41. The van der Waals surface area contributed by atoms with Crippen LogP contribution in [-0.2, 0) is 9.47 Å². The van der Waals surface area contributed by atoms with Crippen LogP contribution in [0.15, 0.2) is 11.6 Å². The van der Waals surface area contributed by atoms with Gasteiger partial charge in [0.25, 0.3) is 0 Å². The first kappa shape index (κ1) is 12.6. The van der Waals surface area contributed by atoms with Crippen LogP contribution >= 0.6 is 0 Å². The summed E-state index contributed by atoms with van der Waals surface area (Å²) in [6.45, 7) is 7.26. The molecule has 0 aliphatic carbocycles. The molecule has 102 valence electrons. The number of rotatable bonds is 0. The Kier molecular flexibility index (Phi) is 2.85. The third-order valence-corrected chi connectivity index (χ3v) is 4.91. The molecule has 3 aliphatic heterocycles. The number of ether oxygens (including phenoxy) is 2. The van der Waals surface area contributed by atoms with Crippen LogP contribution in [0.25, 0.3) is 0 Å². The molecule has 3 aliphatic rings. The lowest BCUT2D eigenvalue weighted by atomic mass is 9.81. The van der Waals surface area contributed by atoms with Crippen molar-refractivity contribution < 1.29 is 14.6 Å². The molecule has 0 amide bonds. The second kappa shape index (κ2) is 4.06. The Balaban J connectivity index is 1.91. The molecule has 3 rings (SSSR count). The van der Waals surface area contributed by atoms with Gasteiger partial charge in [-0.2, -0.15) is 0 Å². The Morgan fingerprint density at radius 1 is 1.33 bits per heavy atom. The molecule has 0 saturated carbocycles. The fourth-order valence-electron chi connectivity index (χ4n) is 3.32. The summed E-state index contributed by atoms with van der Waals surface area (Å²) in [5.41, 5.74) is 1.09. The van der Waals surface area contributed by atoms with Gasteiger partial charge in [-0.25, -0.2) is 0 Å². The van der Waals surface area contributed by atoms with Crippen LogP contribution in [0.1, 0.15) is 46.5 Å². The average Bonchev–Trinajstić information content (AvgIpc) is 3.07. The predicted octanol–water partition coefficient (Wildman–Crippen LogP) is 2.43. The van der Waals surface area contributed by atoms with Crippen LogP contribution in [0.4, 0.5) is 0 Å². The third-order valence-electron chi connectivity index (χ3n) is 4.91. The van der Waals surface area contributed by atoms with E-state index in [4.69, 9.17) is 9.47 Å². The van der Waals surface area contributed by atoms with E-state index < -0.39 is 5.60 Å². The zero-order valence-corrected chi connectivity index (χ0v) is 11.6. The fourth-order valence-corrected chi connectivity index (χ4v) is 3.32. The van der Waals surface area contributed by atoms with Crippen molar-refractivity contribution in [1.29, 1.82) is 0 Å². The van der Waals surface area contributed by atoms with Crippen molar-refractivity contribution in [2.75, 3.05) is 6.61 Å². The summed E-state index contributed by atoms with van der Waals surface area (Å²) in [4.78, 5) is 0. The Hall–Kier alpha value is -0.380. The van der Waals surface area contributed by atoms with E-state index in [1.54, 1.807) is 0 Å². The van der Waals surface area contributed by atoms with E-state index in [9.17, 15) is 5.11 Å². The Labute approximate surface area is 109 Å². The van der Waals surface area contributed by atoms with Gasteiger partial charge in [-0.15, -0.1) is 0 Å². The summed E-state index contributed by atoms with van der Waals surface area (Å²) in [5.74, 6) is 0. The second-order valence-corrected chi connectivity index (χ2v) is 7.01. The van der Waals surface area contributed by atoms with Gasteiger partial charge in [0.2, 0.25) is 0 Å². The number of aliphatic hydroxyl groups is 1. The highest BCUT2D eigenvalue weighted by Crippen LogP contribution is 2.47. The van der Waals surface area contributed by atoms with Gasteiger partial charge in [0, 0.05) is 6.42 Å². The summed E-state index contributed by atoms with van der Waals surface area (Å²) in [7, 11) is 0. The molecule has 0 aromatic carbocycles. The fraction of sp³-hybridized carbons (Fsp3) is 0.867. The molecular formula is C15H24O3. The predicted molar refractivity (Wildman–Crippen MR) is 69.4 cm³/mol. The molecule has 2 bridgehead atoms. The van der Waals surface area contributed by atoms with Gasteiger partial charge < -0.3 is 14.6 Å².